The molecule has 18 heavy (non-hydrogen) atoms. The molecule has 2 aromatic carbocycles. The molecule has 0 saturated carbocycles. The predicted octanol–water partition coefficient (Wildman–Crippen LogP) is 3.72. The third kappa shape index (κ3) is 2.02. The van der Waals surface area contributed by atoms with Crippen LogP contribution in [0.2, 0.25) is 0 Å². The monoisotopic (exact) mass is 236 g/mol. The number of allylic oxidation sites excluding steroid dienone is 1. The van der Waals surface area contributed by atoms with Crippen molar-refractivity contribution in [1.82, 2.24) is 5.32 Å². The van der Waals surface area contributed by atoms with E-state index in [1.165, 1.54) is 21.9 Å². The van der Waals surface area contributed by atoms with Crippen LogP contribution in [0, 0.1) is 6.92 Å². The average Bonchev–Trinajstić information content (AvgIpc) is 2.39. The van der Waals surface area contributed by atoms with Crippen LogP contribution in [0.4, 0.5) is 0 Å². The minimum atomic E-state index is 0.180. The summed E-state index contributed by atoms with van der Waals surface area (Å²) in [4.78, 5) is 4.36. The number of hydrogen-bond acceptors (Lipinski definition) is 2. The normalized spacial score (nSPS) is 18.6. The summed E-state index contributed by atoms with van der Waals surface area (Å²) in [6, 6.07) is 13.3. The molecule has 1 aliphatic heterocycles. The van der Waals surface area contributed by atoms with Gasteiger partial charge in [0.05, 0.1) is 11.7 Å². The fourth-order valence-electron chi connectivity index (χ4n) is 2.24. The van der Waals surface area contributed by atoms with Crippen molar-refractivity contribution < 1.29 is 0 Å². The second-order valence-corrected chi connectivity index (χ2v) is 4.82. The van der Waals surface area contributed by atoms with Crippen LogP contribution in [-0.4, -0.2) is 6.21 Å². The van der Waals surface area contributed by atoms with Gasteiger partial charge in [0, 0.05) is 12.4 Å². The molecule has 3 rings (SSSR count). The van der Waals surface area contributed by atoms with Crippen molar-refractivity contribution in [2.24, 2.45) is 4.99 Å². The largest absolute Gasteiger partial charge is 0.378 e. The lowest BCUT2D eigenvalue weighted by atomic mass is 10.0. The fraction of sp³-hybridized carbons (Fsp3) is 0.188. The Morgan fingerprint density at radius 1 is 1.00 bits per heavy atom. The molecule has 0 aliphatic carbocycles. The first-order valence-electron chi connectivity index (χ1n) is 6.20. The highest BCUT2D eigenvalue weighted by Gasteiger charge is 2.10. The number of aryl methyl sites for hydroxylation is 1. The number of fused-ring (bicyclic) bond motifs is 1. The van der Waals surface area contributed by atoms with Crippen molar-refractivity contribution in [1.29, 1.82) is 0 Å². The molecule has 2 aromatic rings. The molecule has 1 heterocycles. The number of hydrogen-bond donors (Lipinski definition) is 1. The number of rotatable bonds is 1. The van der Waals surface area contributed by atoms with Gasteiger partial charge in [-0.15, -0.1) is 0 Å². The molecule has 0 radical (unpaired) electrons. The summed E-state index contributed by atoms with van der Waals surface area (Å²) in [5.41, 5.74) is 3.56. The van der Waals surface area contributed by atoms with E-state index in [9.17, 15) is 0 Å². The zero-order chi connectivity index (χ0) is 12.5. The lowest BCUT2D eigenvalue weighted by Crippen LogP contribution is -2.20. The van der Waals surface area contributed by atoms with Crippen LogP contribution in [0.25, 0.3) is 10.8 Å². The van der Waals surface area contributed by atoms with Crippen LogP contribution < -0.4 is 5.32 Å². The van der Waals surface area contributed by atoms with Crippen molar-refractivity contribution in [2.75, 3.05) is 0 Å². The molecule has 2 heteroatoms. The lowest BCUT2D eigenvalue weighted by Gasteiger charge is -2.17. The Kier molecular flexibility index (Phi) is 2.63. The smallest absolute Gasteiger partial charge is 0.0866 e. The lowest BCUT2D eigenvalue weighted by molar-refractivity contribution is 0.782. The molecule has 0 amide bonds. The van der Waals surface area contributed by atoms with Crippen molar-refractivity contribution in [3.63, 3.8) is 0 Å². The Bertz CT molecular complexity index is 653. The summed E-state index contributed by atoms with van der Waals surface area (Å²) in [6.07, 6.45) is 3.93. The highest BCUT2D eigenvalue weighted by Crippen LogP contribution is 2.22. The predicted molar refractivity (Wildman–Crippen MR) is 76.8 cm³/mol. The Hall–Kier alpha value is -2.09. The van der Waals surface area contributed by atoms with Crippen molar-refractivity contribution in [2.45, 2.75) is 19.9 Å². The molecule has 1 aliphatic rings. The number of benzene rings is 2. The molecule has 2 nitrogen and oxygen atoms in total. The Labute approximate surface area is 107 Å². The van der Waals surface area contributed by atoms with Gasteiger partial charge < -0.3 is 5.32 Å². The minimum Gasteiger partial charge on any atom is -0.378 e. The van der Waals surface area contributed by atoms with E-state index in [4.69, 9.17) is 0 Å². The summed E-state index contributed by atoms with van der Waals surface area (Å²) in [5.74, 6) is 0. The number of nitrogens with one attached hydrogen (secondary N) is 1. The van der Waals surface area contributed by atoms with E-state index >= 15 is 0 Å². The fourth-order valence-corrected chi connectivity index (χ4v) is 2.24. The topological polar surface area (TPSA) is 24.4 Å². The Balaban J connectivity index is 1.99. The van der Waals surface area contributed by atoms with E-state index in [1.54, 1.807) is 0 Å². The highest BCUT2D eigenvalue weighted by atomic mass is 15.0. The third-order valence-electron chi connectivity index (χ3n) is 3.28. The van der Waals surface area contributed by atoms with E-state index in [2.05, 4.69) is 53.6 Å². The molecule has 90 valence electrons. The first kappa shape index (κ1) is 11.0. The van der Waals surface area contributed by atoms with Gasteiger partial charge in [0.2, 0.25) is 0 Å². The van der Waals surface area contributed by atoms with Gasteiger partial charge in [0.25, 0.3) is 0 Å². The standard InChI is InChI=1S/C16H16N2/c1-11-3-4-14-8-15(6-5-13(14)7-11)16-10-17-12(2)9-18-16/h3-10,16,18H,1-2H3. The van der Waals surface area contributed by atoms with E-state index < -0.39 is 0 Å². The maximum Gasteiger partial charge on any atom is 0.0866 e. The van der Waals surface area contributed by atoms with Gasteiger partial charge in [0.1, 0.15) is 0 Å². The second kappa shape index (κ2) is 4.30. The number of aliphatic imine (C=N–C) groups is 1. The van der Waals surface area contributed by atoms with Crippen LogP contribution in [0.5, 0.6) is 0 Å². The molecule has 1 N–H and O–H groups in total. The van der Waals surface area contributed by atoms with Crippen LogP contribution in [0.3, 0.4) is 0 Å². The average molecular weight is 236 g/mol. The van der Waals surface area contributed by atoms with Gasteiger partial charge in [-0.25, -0.2) is 0 Å². The Morgan fingerprint density at radius 3 is 2.56 bits per heavy atom. The van der Waals surface area contributed by atoms with Gasteiger partial charge in [-0.2, -0.15) is 0 Å². The molecular weight excluding hydrogens is 220 g/mol. The van der Waals surface area contributed by atoms with Crippen LogP contribution in [-0.2, 0) is 0 Å². The second-order valence-electron chi connectivity index (χ2n) is 4.82. The maximum absolute atomic E-state index is 4.36. The van der Waals surface area contributed by atoms with Gasteiger partial charge >= 0.3 is 0 Å². The highest BCUT2D eigenvalue weighted by molar-refractivity contribution is 5.85. The summed E-state index contributed by atoms with van der Waals surface area (Å²) in [7, 11) is 0. The van der Waals surface area contributed by atoms with Crippen molar-refractivity contribution in [3.05, 3.63) is 59.4 Å². The van der Waals surface area contributed by atoms with Crippen LogP contribution in [0.1, 0.15) is 24.1 Å². The number of nitrogens with zero attached hydrogens (tertiary/aromatic N) is 1. The summed E-state index contributed by atoms with van der Waals surface area (Å²) < 4.78 is 0. The van der Waals surface area contributed by atoms with E-state index in [0.29, 0.717) is 0 Å². The molecule has 1 atom stereocenters. The maximum atomic E-state index is 4.36. The summed E-state index contributed by atoms with van der Waals surface area (Å²) in [5, 5.41) is 5.92. The van der Waals surface area contributed by atoms with Crippen LogP contribution >= 0.6 is 0 Å². The molecule has 0 bridgehead atoms. The summed E-state index contributed by atoms with van der Waals surface area (Å²) in [6.45, 7) is 4.11. The van der Waals surface area contributed by atoms with Gasteiger partial charge in [0.15, 0.2) is 0 Å². The van der Waals surface area contributed by atoms with Gasteiger partial charge in [-0.3, -0.25) is 4.99 Å². The first-order chi connectivity index (χ1) is 8.72. The Morgan fingerprint density at radius 2 is 1.78 bits per heavy atom. The summed E-state index contributed by atoms with van der Waals surface area (Å²) >= 11 is 0. The van der Waals surface area contributed by atoms with Crippen LogP contribution in [0.15, 0.2) is 53.3 Å². The molecular formula is C16H16N2. The van der Waals surface area contributed by atoms with Crippen molar-refractivity contribution in [3.8, 4) is 0 Å². The third-order valence-corrected chi connectivity index (χ3v) is 3.28. The molecule has 0 aromatic heterocycles. The zero-order valence-electron chi connectivity index (χ0n) is 10.6. The minimum absolute atomic E-state index is 0.180. The molecule has 1 unspecified atom stereocenters. The van der Waals surface area contributed by atoms with E-state index in [1.807, 2.05) is 19.3 Å². The van der Waals surface area contributed by atoms with E-state index in [-0.39, 0.29) is 6.04 Å². The molecule has 0 fully saturated rings. The molecule has 0 saturated heterocycles. The zero-order valence-corrected chi connectivity index (χ0v) is 10.6. The molecule has 0 spiro atoms. The van der Waals surface area contributed by atoms with Gasteiger partial charge in [-0.1, -0.05) is 35.9 Å². The SMILES string of the molecule is CC1=CNC(c2ccc3cc(C)ccc3c2)C=N1. The first-order valence-corrected chi connectivity index (χ1v) is 6.20. The van der Waals surface area contributed by atoms with E-state index in [0.717, 1.165) is 5.70 Å². The quantitative estimate of drug-likeness (QED) is 0.801. The van der Waals surface area contributed by atoms with Crippen molar-refractivity contribution >= 4 is 17.0 Å². The van der Waals surface area contributed by atoms with Gasteiger partial charge in [-0.05, 0) is 36.2 Å².